The summed E-state index contributed by atoms with van der Waals surface area (Å²) in [6.07, 6.45) is 1.64. The lowest BCUT2D eigenvalue weighted by Gasteiger charge is -2.34. The van der Waals surface area contributed by atoms with Crippen LogP contribution in [0.2, 0.25) is 0 Å². The number of hydrogen-bond acceptors (Lipinski definition) is 3. The fourth-order valence-electron chi connectivity index (χ4n) is 2.98. The third-order valence-corrected chi connectivity index (χ3v) is 4.58. The van der Waals surface area contributed by atoms with Gasteiger partial charge in [0.05, 0.1) is 0 Å². The number of hydrogen-bond donors (Lipinski definition) is 1. The first-order chi connectivity index (χ1) is 12.1. The van der Waals surface area contributed by atoms with Crippen molar-refractivity contribution in [1.82, 2.24) is 4.90 Å². The predicted octanol–water partition coefficient (Wildman–Crippen LogP) is 3.48. The molecule has 1 amide bonds. The third-order valence-electron chi connectivity index (χ3n) is 4.58. The monoisotopic (exact) mass is 335 g/mol. The van der Waals surface area contributed by atoms with Crippen LogP contribution in [0.5, 0.6) is 0 Å². The van der Waals surface area contributed by atoms with Gasteiger partial charge in [-0.3, -0.25) is 4.79 Å². The Morgan fingerprint density at radius 1 is 0.960 bits per heavy atom. The van der Waals surface area contributed by atoms with Crippen molar-refractivity contribution >= 4 is 22.9 Å². The minimum absolute atomic E-state index is 0.103. The molecule has 4 heteroatoms. The standard InChI is InChI=1S/C21H25N3O/c1-17(18-6-4-3-5-7-18)16-21(25)22-19-8-10-20(11-9-19)24-14-12-23(2)13-15-24/h3-11,16H,12-15H2,1-2H3,(H,22,25)/b17-16+. The highest BCUT2D eigenvalue weighted by Crippen LogP contribution is 2.20. The molecule has 0 aliphatic carbocycles. The fourth-order valence-corrected chi connectivity index (χ4v) is 2.98. The molecular weight excluding hydrogens is 310 g/mol. The van der Waals surface area contributed by atoms with E-state index in [4.69, 9.17) is 0 Å². The molecule has 0 spiro atoms. The molecule has 0 bridgehead atoms. The van der Waals surface area contributed by atoms with E-state index in [1.54, 1.807) is 6.08 Å². The van der Waals surface area contributed by atoms with E-state index in [0.29, 0.717) is 0 Å². The number of piperazine rings is 1. The normalized spacial score (nSPS) is 15.9. The van der Waals surface area contributed by atoms with E-state index in [1.807, 2.05) is 49.4 Å². The predicted molar refractivity (Wildman–Crippen MR) is 105 cm³/mol. The maximum Gasteiger partial charge on any atom is 0.248 e. The lowest BCUT2D eigenvalue weighted by molar-refractivity contribution is -0.111. The Kier molecular flexibility index (Phi) is 5.51. The number of anilines is 2. The number of amides is 1. The Morgan fingerprint density at radius 2 is 1.60 bits per heavy atom. The van der Waals surface area contributed by atoms with Gasteiger partial charge in [0.25, 0.3) is 0 Å². The summed E-state index contributed by atoms with van der Waals surface area (Å²) in [4.78, 5) is 16.9. The Labute approximate surface area is 149 Å². The number of carbonyl (C=O) groups excluding carboxylic acids is 1. The van der Waals surface area contributed by atoms with Gasteiger partial charge in [0.2, 0.25) is 5.91 Å². The maximum atomic E-state index is 12.2. The van der Waals surface area contributed by atoms with Gasteiger partial charge in [-0.05, 0) is 49.4 Å². The van der Waals surface area contributed by atoms with Gasteiger partial charge >= 0.3 is 0 Å². The van der Waals surface area contributed by atoms with Gasteiger partial charge in [-0.1, -0.05) is 30.3 Å². The number of rotatable bonds is 4. The molecule has 1 fully saturated rings. The van der Waals surface area contributed by atoms with Crippen molar-refractivity contribution in [3.63, 3.8) is 0 Å². The molecule has 0 atom stereocenters. The summed E-state index contributed by atoms with van der Waals surface area (Å²) in [6.45, 7) is 6.21. The van der Waals surface area contributed by atoms with Crippen molar-refractivity contribution in [1.29, 1.82) is 0 Å². The number of nitrogens with one attached hydrogen (secondary N) is 1. The zero-order valence-corrected chi connectivity index (χ0v) is 14.9. The van der Waals surface area contributed by atoms with Crippen LogP contribution in [-0.4, -0.2) is 44.0 Å². The summed E-state index contributed by atoms with van der Waals surface area (Å²) in [7, 11) is 2.15. The summed E-state index contributed by atoms with van der Waals surface area (Å²) < 4.78 is 0. The first-order valence-corrected chi connectivity index (χ1v) is 8.70. The van der Waals surface area contributed by atoms with Gasteiger partial charge < -0.3 is 15.1 Å². The van der Waals surface area contributed by atoms with Crippen LogP contribution in [0.1, 0.15) is 12.5 Å². The summed E-state index contributed by atoms with van der Waals surface area (Å²) in [6, 6.07) is 18.0. The van der Waals surface area contributed by atoms with Crippen molar-refractivity contribution in [2.45, 2.75) is 6.92 Å². The van der Waals surface area contributed by atoms with Gasteiger partial charge in [0.1, 0.15) is 0 Å². The van der Waals surface area contributed by atoms with Crippen molar-refractivity contribution in [2.75, 3.05) is 43.4 Å². The lowest BCUT2D eigenvalue weighted by Crippen LogP contribution is -2.44. The molecule has 1 heterocycles. The number of allylic oxidation sites excluding steroid dienone is 1. The van der Waals surface area contributed by atoms with E-state index in [-0.39, 0.29) is 5.91 Å². The van der Waals surface area contributed by atoms with E-state index in [9.17, 15) is 4.79 Å². The topological polar surface area (TPSA) is 35.6 Å². The van der Waals surface area contributed by atoms with Crippen LogP contribution in [-0.2, 0) is 4.79 Å². The first kappa shape index (κ1) is 17.2. The minimum Gasteiger partial charge on any atom is -0.369 e. The lowest BCUT2D eigenvalue weighted by atomic mass is 10.1. The molecular formula is C21H25N3O. The van der Waals surface area contributed by atoms with E-state index >= 15 is 0 Å². The third kappa shape index (κ3) is 4.70. The quantitative estimate of drug-likeness (QED) is 0.869. The van der Waals surface area contributed by atoms with Gasteiger partial charge in [0, 0.05) is 43.6 Å². The Balaban J connectivity index is 1.60. The SMILES string of the molecule is C/C(=C\C(=O)Nc1ccc(N2CCN(C)CC2)cc1)c1ccccc1. The number of likely N-dealkylation sites (N-methyl/N-ethyl adjacent to an activating group) is 1. The van der Waals surface area contributed by atoms with E-state index < -0.39 is 0 Å². The Morgan fingerprint density at radius 3 is 2.24 bits per heavy atom. The van der Waals surface area contributed by atoms with Gasteiger partial charge in [0.15, 0.2) is 0 Å². The molecule has 4 nitrogen and oxygen atoms in total. The second kappa shape index (κ2) is 7.99. The highest BCUT2D eigenvalue weighted by molar-refractivity contribution is 6.03. The van der Waals surface area contributed by atoms with Crippen LogP contribution >= 0.6 is 0 Å². The van der Waals surface area contributed by atoms with Crippen LogP contribution in [0.3, 0.4) is 0 Å². The summed E-state index contributed by atoms with van der Waals surface area (Å²) >= 11 is 0. The molecule has 3 rings (SSSR count). The summed E-state index contributed by atoms with van der Waals surface area (Å²) in [5, 5.41) is 2.94. The fraction of sp³-hybridized carbons (Fsp3) is 0.286. The zero-order chi connectivity index (χ0) is 17.6. The van der Waals surface area contributed by atoms with Crippen molar-refractivity contribution < 1.29 is 4.79 Å². The van der Waals surface area contributed by atoms with Gasteiger partial charge in [-0.25, -0.2) is 0 Å². The first-order valence-electron chi connectivity index (χ1n) is 8.70. The molecule has 0 aromatic heterocycles. The van der Waals surface area contributed by atoms with E-state index in [2.05, 4.69) is 34.3 Å². The molecule has 0 radical (unpaired) electrons. The van der Waals surface area contributed by atoms with E-state index in [1.165, 1.54) is 5.69 Å². The van der Waals surface area contributed by atoms with Crippen LogP contribution in [0, 0.1) is 0 Å². The average molecular weight is 335 g/mol. The smallest absolute Gasteiger partial charge is 0.248 e. The zero-order valence-electron chi connectivity index (χ0n) is 14.9. The molecule has 25 heavy (non-hydrogen) atoms. The minimum atomic E-state index is -0.103. The average Bonchev–Trinajstić information content (AvgIpc) is 2.64. The molecule has 130 valence electrons. The molecule has 0 saturated carbocycles. The second-order valence-electron chi connectivity index (χ2n) is 6.52. The summed E-state index contributed by atoms with van der Waals surface area (Å²) in [5.74, 6) is -0.103. The number of carbonyl (C=O) groups is 1. The highest BCUT2D eigenvalue weighted by Gasteiger charge is 2.14. The molecule has 2 aromatic rings. The van der Waals surface area contributed by atoms with Crippen LogP contribution in [0.15, 0.2) is 60.7 Å². The summed E-state index contributed by atoms with van der Waals surface area (Å²) in [5.41, 5.74) is 4.04. The maximum absolute atomic E-state index is 12.2. The molecule has 1 aliphatic heterocycles. The number of nitrogens with zero attached hydrogens (tertiary/aromatic N) is 2. The largest absolute Gasteiger partial charge is 0.369 e. The molecule has 1 saturated heterocycles. The molecule has 1 N–H and O–H groups in total. The van der Waals surface area contributed by atoms with E-state index in [0.717, 1.165) is 43.0 Å². The highest BCUT2D eigenvalue weighted by atomic mass is 16.1. The second-order valence-corrected chi connectivity index (χ2v) is 6.52. The molecule has 1 aliphatic rings. The van der Waals surface area contributed by atoms with Crippen LogP contribution < -0.4 is 10.2 Å². The Bertz CT molecular complexity index is 729. The van der Waals surface area contributed by atoms with Crippen molar-refractivity contribution in [2.24, 2.45) is 0 Å². The van der Waals surface area contributed by atoms with Crippen LogP contribution in [0.25, 0.3) is 5.57 Å². The van der Waals surface area contributed by atoms with Crippen molar-refractivity contribution in [3.8, 4) is 0 Å². The Hall–Kier alpha value is -2.59. The van der Waals surface area contributed by atoms with Gasteiger partial charge in [-0.15, -0.1) is 0 Å². The molecule has 2 aromatic carbocycles. The van der Waals surface area contributed by atoms with Gasteiger partial charge in [-0.2, -0.15) is 0 Å². The van der Waals surface area contributed by atoms with Crippen molar-refractivity contribution in [3.05, 3.63) is 66.2 Å². The molecule has 0 unspecified atom stereocenters. The number of benzene rings is 2. The van der Waals surface area contributed by atoms with Crippen LogP contribution in [0.4, 0.5) is 11.4 Å².